The van der Waals surface area contributed by atoms with Gasteiger partial charge < -0.3 is 9.88 Å². The Balaban J connectivity index is 1.75. The van der Waals surface area contributed by atoms with Crippen molar-refractivity contribution in [1.82, 2.24) is 19.7 Å². The fourth-order valence-corrected chi connectivity index (χ4v) is 3.45. The largest absolute Gasteiger partial charge is 0.325 e. The van der Waals surface area contributed by atoms with Crippen molar-refractivity contribution >= 4 is 23.4 Å². The number of benzene rings is 1. The molecule has 1 N–H and O–H groups in total. The minimum Gasteiger partial charge on any atom is -0.325 e. The molecule has 1 amide bonds. The Morgan fingerprint density at radius 2 is 1.92 bits per heavy atom. The summed E-state index contributed by atoms with van der Waals surface area (Å²) in [5.74, 6) is 0.726. The van der Waals surface area contributed by atoms with Crippen LogP contribution in [0.1, 0.15) is 19.4 Å². The monoisotopic (exact) mass is 367 g/mol. The minimum absolute atomic E-state index is 0.0552. The second kappa shape index (κ2) is 8.14. The van der Waals surface area contributed by atoms with E-state index in [9.17, 15) is 4.79 Å². The van der Waals surface area contributed by atoms with Crippen LogP contribution in [0.5, 0.6) is 0 Å². The molecule has 1 atom stereocenters. The summed E-state index contributed by atoms with van der Waals surface area (Å²) in [4.78, 5) is 16.6. The molecule has 6 nitrogen and oxygen atoms in total. The molecule has 0 fully saturated rings. The Morgan fingerprint density at radius 1 is 1.19 bits per heavy atom. The molecule has 0 aliphatic heterocycles. The molecular weight excluding hydrogens is 346 g/mol. The predicted octanol–water partition coefficient (Wildman–Crippen LogP) is 3.79. The summed E-state index contributed by atoms with van der Waals surface area (Å²) in [6.07, 6.45) is 3.46. The highest BCUT2D eigenvalue weighted by molar-refractivity contribution is 8.00. The first-order chi connectivity index (χ1) is 12.6. The highest BCUT2D eigenvalue weighted by Gasteiger charge is 2.20. The number of hydrogen-bond acceptors (Lipinski definition) is 5. The third kappa shape index (κ3) is 3.94. The van der Waals surface area contributed by atoms with Crippen molar-refractivity contribution in [2.24, 2.45) is 0 Å². The maximum atomic E-state index is 12.5. The fraction of sp³-hybridized carbons (Fsp3) is 0.263. The summed E-state index contributed by atoms with van der Waals surface area (Å²) in [6, 6.07) is 11.5. The number of rotatable bonds is 6. The summed E-state index contributed by atoms with van der Waals surface area (Å²) in [5.41, 5.74) is 2.83. The number of carbonyl (C=O) groups is 1. The number of carbonyl (C=O) groups excluding carboxylic acids is 1. The number of nitrogens with one attached hydrogen (secondary N) is 1. The van der Waals surface area contributed by atoms with Gasteiger partial charge in [-0.3, -0.25) is 9.78 Å². The van der Waals surface area contributed by atoms with Crippen molar-refractivity contribution in [2.45, 2.75) is 37.7 Å². The van der Waals surface area contributed by atoms with Crippen LogP contribution in [-0.2, 0) is 11.3 Å². The molecule has 2 aromatic heterocycles. The molecule has 3 aromatic rings. The first-order valence-corrected chi connectivity index (χ1v) is 9.35. The molecule has 0 saturated heterocycles. The molecule has 1 aromatic carbocycles. The highest BCUT2D eigenvalue weighted by atomic mass is 32.2. The van der Waals surface area contributed by atoms with Crippen molar-refractivity contribution < 1.29 is 4.79 Å². The fourth-order valence-electron chi connectivity index (χ4n) is 2.53. The smallest absolute Gasteiger partial charge is 0.237 e. The van der Waals surface area contributed by atoms with Crippen LogP contribution in [0.3, 0.4) is 0 Å². The number of pyridine rings is 1. The molecule has 0 saturated carbocycles. The first-order valence-electron chi connectivity index (χ1n) is 8.47. The molecule has 134 valence electrons. The zero-order valence-corrected chi connectivity index (χ0v) is 15.8. The van der Waals surface area contributed by atoms with Gasteiger partial charge in [0, 0.05) is 30.2 Å². The number of para-hydroxylation sites is 1. The second-order valence-electron chi connectivity index (χ2n) is 5.85. The minimum atomic E-state index is -0.297. The van der Waals surface area contributed by atoms with E-state index in [4.69, 9.17) is 0 Å². The van der Waals surface area contributed by atoms with Gasteiger partial charge in [0.1, 0.15) is 0 Å². The van der Waals surface area contributed by atoms with Crippen LogP contribution in [0.15, 0.2) is 53.9 Å². The van der Waals surface area contributed by atoms with Crippen molar-refractivity contribution in [3.8, 4) is 11.4 Å². The van der Waals surface area contributed by atoms with E-state index in [2.05, 4.69) is 20.5 Å². The second-order valence-corrected chi connectivity index (χ2v) is 7.16. The Morgan fingerprint density at radius 3 is 2.62 bits per heavy atom. The maximum Gasteiger partial charge on any atom is 0.237 e. The average molecular weight is 367 g/mol. The molecule has 0 bridgehead atoms. The van der Waals surface area contributed by atoms with E-state index in [-0.39, 0.29) is 11.2 Å². The highest BCUT2D eigenvalue weighted by Crippen LogP contribution is 2.27. The lowest BCUT2D eigenvalue weighted by atomic mass is 10.2. The van der Waals surface area contributed by atoms with E-state index in [0.717, 1.165) is 34.3 Å². The molecule has 3 rings (SSSR count). The quantitative estimate of drug-likeness (QED) is 0.671. The van der Waals surface area contributed by atoms with Crippen LogP contribution in [-0.4, -0.2) is 30.9 Å². The summed E-state index contributed by atoms with van der Waals surface area (Å²) in [6.45, 7) is 6.61. The molecule has 1 unspecified atom stereocenters. The van der Waals surface area contributed by atoms with E-state index in [1.54, 1.807) is 12.4 Å². The van der Waals surface area contributed by atoms with Gasteiger partial charge in [0.15, 0.2) is 11.0 Å². The third-order valence-corrected chi connectivity index (χ3v) is 5.11. The van der Waals surface area contributed by atoms with Crippen LogP contribution in [0.25, 0.3) is 11.4 Å². The topological polar surface area (TPSA) is 72.7 Å². The SMILES string of the molecule is CCn1c(SC(C)C(=O)Nc2ccccc2C)nnc1-c1ccncc1. The molecule has 0 spiro atoms. The number of thioether (sulfide) groups is 1. The molecule has 26 heavy (non-hydrogen) atoms. The summed E-state index contributed by atoms with van der Waals surface area (Å²) in [7, 11) is 0. The lowest BCUT2D eigenvalue weighted by Gasteiger charge is -2.14. The Labute approximate surface area is 157 Å². The molecule has 2 heterocycles. The Hall–Kier alpha value is -2.67. The lowest BCUT2D eigenvalue weighted by molar-refractivity contribution is -0.115. The number of nitrogens with zero attached hydrogens (tertiary/aromatic N) is 4. The summed E-state index contributed by atoms with van der Waals surface area (Å²) in [5, 5.41) is 12.0. The van der Waals surface area contributed by atoms with E-state index in [0.29, 0.717) is 0 Å². The molecule has 0 aliphatic rings. The number of anilines is 1. The van der Waals surface area contributed by atoms with Crippen molar-refractivity contribution in [2.75, 3.05) is 5.32 Å². The van der Waals surface area contributed by atoms with E-state index in [1.807, 2.05) is 61.7 Å². The van der Waals surface area contributed by atoms with Crippen LogP contribution >= 0.6 is 11.8 Å². The van der Waals surface area contributed by atoms with Gasteiger partial charge in [0.2, 0.25) is 5.91 Å². The van der Waals surface area contributed by atoms with E-state index in [1.165, 1.54) is 11.8 Å². The number of aromatic nitrogens is 4. The van der Waals surface area contributed by atoms with Gasteiger partial charge >= 0.3 is 0 Å². The van der Waals surface area contributed by atoms with Crippen molar-refractivity contribution in [1.29, 1.82) is 0 Å². The van der Waals surface area contributed by atoms with Crippen LogP contribution < -0.4 is 5.32 Å². The van der Waals surface area contributed by atoms with Gasteiger partial charge in [-0.25, -0.2) is 0 Å². The number of amides is 1. The van der Waals surface area contributed by atoms with Crippen molar-refractivity contribution in [3.05, 3.63) is 54.4 Å². The standard InChI is InChI=1S/C19H21N5OS/c1-4-24-17(15-9-11-20-12-10-15)22-23-19(24)26-14(3)18(25)21-16-8-6-5-7-13(16)2/h5-12,14H,4H2,1-3H3,(H,21,25). The van der Waals surface area contributed by atoms with Gasteiger partial charge in [-0.1, -0.05) is 30.0 Å². The third-order valence-electron chi connectivity index (χ3n) is 4.03. The van der Waals surface area contributed by atoms with Crippen molar-refractivity contribution in [3.63, 3.8) is 0 Å². The summed E-state index contributed by atoms with van der Waals surface area (Å²) < 4.78 is 2.01. The van der Waals surface area contributed by atoms with Gasteiger partial charge in [-0.05, 0) is 44.5 Å². The number of hydrogen-bond donors (Lipinski definition) is 1. The normalized spacial score (nSPS) is 12.0. The molecule has 0 aliphatic carbocycles. The molecule has 7 heteroatoms. The zero-order chi connectivity index (χ0) is 18.5. The molecular formula is C19H21N5OS. The van der Waals surface area contributed by atoms with Gasteiger partial charge in [0.05, 0.1) is 5.25 Å². The van der Waals surface area contributed by atoms with E-state index < -0.39 is 0 Å². The van der Waals surface area contributed by atoms with Crippen LogP contribution in [0.2, 0.25) is 0 Å². The van der Waals surface area contributed by atoms with Gasteiger partial charge in [0.25, 0.3) is 0 Å². The average Bonchev–Trinajstić information content (AvgIpc) is 3.06. The van der Waals surface area contributed by atoms with Gasteiger partial charge in [-0.15, -0.1) is 10.2 Å². The Kier molecular flexibility index (Phi) is 5.68. The van der Waals surface area contributed by atoms with Gasteiger partial charge in [-0.2, -0.15) is 0 Å². The van der Waals surface area contributed by atoms with Crippen LogP contribution in [0.4, 0.5) is 5.69 Å². The van der Waals surface area contributed by atoms with Crippen LogP contribution in [0, 0.1) is 6.92 Å². The maximum absolute atomic E-state index is 12.5. The lowest BCUT2D eigenvalue weighted by Crippen LogP contribution is -2.23. The summed E-state index contributed by atoms with van der Waals surface area (Å²) >= 11 is 1.41. The molecule has 0 radical (unpaired) electrons. The predicted molar refractivity (Wildman–Crippen MR) is 104 cm³/mol. The number of aryl methyl sites for hydroxylation is 1. The zero-order valence-electron chi connectivity index (χ0n) is 15.0. The Bertz CT molecular complexity index is 894. The first kappa shape index (κ1) is 18.1. The van der Waals surface area contributed by atoms with E-state index >= 15 is 0 Å².